The molecule has 3 nitrogen and oxygen atoms in total. The van der Waals surface area contributed by atoms with Crippen LogP contribution in [0.15, 0.2) is 43.0 Å². The van der Waals surface area contributed by atoms with E-state index in [1.807, 2.05) is 18.2 Å². The van der Waals surface area contributed by atoms with Crippen LogP contribution in [0.3, 0.4) is 0 Å². The first kappa shape index (κ1) is 10.4. The van der Waals surface area contributed by atoms with Crippen molar-refractivity contribution in [3.05, 3.63) is 59.7 Å². The van der Waals surface area contributed by atoms with E-state index in [9.17, 15) is 9.59 Å². The molecule has 16 heavy (non-hydrogen) atoms. The Bertz CT molecular complexity index is 501. The van der Waals surface area contributed by atoms with Gasteiger partial charge in [-0.25, -0.2) is 0 Å². The van der Waals surface area contributed by atoms with Gasteiger partial charge in [0.1, 0.15) is 0 Å². The Kier molecular flexibility index (Phi) is 2.68. The molecule has 0 radical (unpaired) electrons. The molecule has 1 aromatic rings. The normalized spacial score (nSPS) is 14.0. The van der Waals surface area contributed by atoms with Crippen LogP contribution < -0.4 is 5.32 Å². The molecule has 0 aromatic heterocycles. The highest BCUT2D eigenvalue weighted by Gasteiger charge is 2.28. The van der Waals surface area contributed by atoms with E-state index in [1.165, 1.54) is 0 Å². The molecule has 3 heteroatoms. The molecular weight excluding hydrogens is 202 g/mol. The topological polar surface area (TPSA) is 46.2 Å². The number of allylic oxidation sites excluding steroid dienone is 3. The molecule has 0 spiro atoms. The van der Waals surface area contributed by atoms with Gasteiger partial charge in [-0.1, -0.05) is 36.9 Å². The van der Waals surface area contributed by atoms with E-state index < -0.39 is 0 Å². The van der Waals surface area contributed by atoms with Crippen LogP contribution in [-0.4, -0.2) is 11.8 Å². The van der Waals surface area contributed by atoms with Crippen LogP contribution in [0.1, 0.15) is 26.3 Å². The van der Waals surface area contributed by atoms with Gasteiger partial charge in [0, 0.05) is 0 Å². The average Bonchev–Trinajstić information content (AvgIpc) is 2.56. The molecule has 0 aliphatic carbocycles. The molecule has 0 saturated heterocycles. The molecule has 0 bridgehead atoms. The standard InChI is InChI=1S/C13H11NO2/c1-2-3-4-6-9-7-5-8-10-11(9)13(16)14-12(10)15/h2-5,7-8H,1,6H2,(H,14,15,16). The van der Waals surface area contributed by atoms with Crippen molar-refractivity contribution >= 4 is 11.8 Å². The van der Waals surface area contributed by atoms with Crippen LogP contribution >= 0.6 is 0 Å². The highest BCUT2D eigenvalue weighted by Crippen LogP contribution is 2.20. The molecule has 2 amide bonds. The zero-order chi connectivity index (χ0) is 11.5. The summed E-state index contributed by atoms with van der Waals surface area (Å²) in [6.45, 7) is 3.57. The maximum absolute atomic E-state index is 11.6. The lowest BCUT2D eigenvalue weighted by Gasteiger charge is -2.01. The summed E-state index contributed by atoms with van der Waals surface area (Å²) >= 11 is 0. The SMILES string of the molecule is C=CC=CCc1cccc2c1C(=O)NC2=O. The highest BCUT2D eigenvalue weighted by molar-refractivity contribution is 6.22. The van der Waals surface area contributed by atoms with Crippen molar-refractivity contribution in [2.24, 2.45) is 0 Å². The lowest BCUT2D eigenvalue weighted by Crippen LogP contribution is -2.20. The maximum Gasteiger partial charge on any atom is 0.259 e. The number of carbonyl (C=O) groups is 2. The van der Waals surface area contributed by atoms with E-state index in [-0.39, 0.29) is 11.8 Å². The number of hydrogen-bond donors (Lipinski definition) is 1. The third-order valence-corrected chi connectivity index (χ3v) is 2.46. The molecule has 0 fully saturated rings. The minimum absolute atomic E-state index is 0.303. The van der Waals surface area contributed by atoms with E-state index in [0.717, 1.165) is 5.56 Å². The molecule has 0 saturated carbocycles. The minimum Gasteiger partial charge on any atom is -0.288 e. The Hall–Kier alpha value is -2.16. The Labute approximate surface area is 93.5 Å². The third-order valence-electron chi connectivity index (χ3n) is 2.46. The van der Waals surface area contributed by atoms with Gasteiger partial charge in [-0.3, -0.25) is 14.9 Å². The summed E-state index contributed by atoms with van der Waals surface area (Å²) in [4.78, 5) is 22.9. The van der Waals surface area contributed by atoms with Gasteiger partial charge in [-0.15, -0.1) is 0 Å². The van der Waals surface area contributed by atoms with Gasteiger partial charge in [0.15, 0.2) is 0 Å². The van der Waals surface area contributed by atoms with Crippen LogP contribution in [0.4, 0.5) is 0 Å². The van der Waals surface area contributed by atoms with Crippen molar-refractivity contribution in [2.45, 2.75) is 6.42 Å². The predicted molar refractivity (Wildman–Crippen MR) is 61.3 cm³/mol. The van der Waals surface area contributed by atoms with E-state index in [2.05, 4.69) is 11.9 Å². The van der Waals surface area contributed by atoms with E-state index >= 15 is 0 Å². The summed E-state index contributed by atoms with van der Waals surface area (Å²) in [6, 6.07) is 5.30. The molecule has 0 atom stereocenters. The van der Waals surface area contributed by atoms with E-state index in [4.69, 9.17) is 0 Å². The minimum atomic E-state index is -0.311. The second-order valence-corrected chi connectivity index (χ2v) is 3.49. The quantitative estimate of drug-likeness (QED) is 0.615. The molecule has 1 aromatic carbocycles. The Morgan fingerprint density at radius 1 is 1.25 bits per heavy atom. The lowest BCUT2D eigenvalue weighted by molar-refractivity contribution is 0.0879. The monoisotopic (exact) mass is 213 g/mol. The number of amides is 2. The van der Waals surface area contributed by atoms with Crippen molar-refractivity contribution in [1.29, 1.82) is 0 Å². The Morgan fingerprint density at radius 2 is 2.06 bits per heavy atom. The molecular formula is C13H11NO2. The molecule has 80 valence electrons. The lowest BCUT2D eigenvalue weighted by atomic mass is 10.0. The summed E-state index contributed by atoms with van der Waals surface area (Å²) in [5.41, 5.74) is 1.83. The average molecular weight is 213 g/mol. The first-order valence-electron chi connectivity index (χ1n) is 4.99. The predicted octanol–water partition coefficient (Wildman–Crippen LogP) is 1.85. The fraction of sp³-hybridized carbons (Fsp3) is 0.0769. The van der Waals surface area contributed by atoms with Gasteiger partial charge < -0.3 is 0 Å². The Balaban J connectivity index is 2.41. The smallest absolute Gasteiger partial charge is 0.259 e. The molecule has 1 aliphatic heterocycles. The third kappa shape index (κ3) is 1.67. The van der Waals surface area contributed by atoms with Gasteiger partial charge in [0.05, 0.1) is 11.1 Å². The van der Waals surface area contributed by atoms with Crippen molar-refractivity contribution in [1.82, 2.24) is 5.32 Å². The fourth-order valence-electron chi connectivity index (χ4n) is 1.75. The zero-order valence-electron chi connectivity index (χ0n) is 8.69. The first-order valence-corrected chi connectivity index (χ1v) is 4.99. The van der Waals surface area contributed by atoms with Crippen LogP contribution in [0.25, 0.3) is 0 Å². The molecule has 1 aliphatic rings. The largest absolute Gasteiger partial charge is 0.288 e. The van der Waals surface area contributed by atoms with Crippen molar-refractivity contribution < 1.29 is 9.59 Å². The molecule has 0 unspecified atom stereocenters. The number of rotatable bonds is 3. The summed E-state index contributed by atoms with van der Waals surface area (Å²) in [7, 11) is 0. The van der Waals surface area contributed by atoms with Crippen molar-refractivity contribution in [3.8, 4) is 0 Å². The number of fused-ring (bicyclic) bond motifs is 1. The summed E-state index contributed by atoms with van der Waals surface area (Å²) < 4.78 is 0. The molecule has 1 N–H and O–H groups in total. The zero-order valence-corrected chi connectivity index (χ0v) is 8.69. The van der Waals surface area contributed by atoms with Crippen molar-refractivity contribution in [2.75, 3.05) is 0 Å². The molecule has 1 heterocycles. The van der Waals surface area contributed by atoms with Gasteiger partial charge in [0.2, 0.25) is 0 Å². The fourth-order valence-corrected chi connectivity index (χ4v) is 1.75. The van der Waals surface area contributed by atoms with Gasteiger partial charge in [-0.05, 0) is 18.1 Å². The maximum atomic E-state index is 11.6. The van der Waals surface area contributed by atoms with Crippen molar-refractivity contribution in [3.63, 3.8) is 0 Å². The highest BCUT2D eigenvalue weighted by atomic mass is 16.2. The summed E-state index contributed by atoms with van der Waals surface area (Å²) in [6.07, 6.45) is 6.01. The number of hydrogen-bond acceptors (Lipinski definition) is 2. The second-order valence-electron chi connectivity index (χ2n) is 3.49. The van der Waals surface area contributed by atoms with E-state index in [0.29, 0.717) is 17.5 Å². The summed E-state index contributed by atoms with van der Waals surface area (Å²) in [5, 5.41) is 2.29. The number of imide groups is 1. The van der Waals surface area contributed by atoms with Gasteiger partial charge in [0.25, 0.3) is 11.8 Å². The van der Waals surface area contributed by atoms with Crippen LogP contribution in [0.2, 0.25) is 0 Å². The number of carbonyl (C=O) groups excluding carboxylic acids is 2. The molecule has 2 rings (SSSR count). The second kappa shape index (κ2) is 4.14. The summed E-state index contributed by atoms with van der Waals surface area (Å²) in [5.74, 6) is -0.614. The van der Waals surface area contributed by atoms with Gasteiger partial charge in [-0.2, -0.15) is 0 Å². The number of nitrogens with one attached hydrogen (secondary N) is 1. The first-order chi connectivity index (χ1) is 7.74. The number of benzene rings is 1. The van der Waals surface area contributed by atoms with Crippen LogP contribution in [0, 0.1) is 0 Å². The van der Waals surface area contributed by atoms with Crippen LogP contribution in [-0.2, 0) is 6.42 Å². The Morgan fingerprint density at radius 3 is 2.81 bits per heavy atom. The van der Waals surface area contributed by atoms with E-state index in [1.54, 1.807) is 18.2 Å². The van der Waals surface area contributed by atoms with Gasteiger partial charge >= 0.3 is 0 Å². The van der Waals surface area contributed by atoms with Crippen LogP contribution in [0.5, 0.6) is 0 Å².